The third-order valence-corrected chi connectivity index (χ3v) is 3.80. The molecule has 2 aromatic rings. The Kier molecular flexibility index (Phi) is 3.80. The number of thiazole rings is 1. The van der Waals surface area contributed by atoms with Crippen LogP contribution in [-0.4, -0.2) is 12.0 Å². The monoisotopic (exact) mass is 286 g/mol. The van der Waals surface area contributed by atoms with E-state index in [-0.39, 0.29) is 0 Å². The molecule has 0 fully saturated rings. The van der Waals surface area contributed by atoms with Gasteiger partial charge in [0.25, 0.3) is 0 Å². The Balaban J connectivity index is 2.09. The van der Waals surface area contributed by atoms with Crippen molar-refractivity contribution in [2.75, 3.05) is 11.9 Å². The van der Waals surface area contributed by atoms with Crippen molar-refractivity contribution >= 4 is 16.5 Å². The summed E-state index contributed by atoms with van der Waals surface area (Å²) in [6, 6.07) is 7.88. The largest absolute Gasteiger partial charge is 0.427 e. The van der Waals surface area contributed by atoms with Crippen molar-refractivity contribution < 1.29 is 13.2 Å². The molecule has 0 saturated carbocycles. The maximum Gasteiger partial charge on any atom is 0.427 e. The fourth-order valence-electron chi connectivity index (χ4n) is 1.61. The number of aryl methyl sites for hydroxylation is 1. The maximum absolute atomic E-state index is 12.5. The smallest absolute Gasteiger partial charge is 0.347 e. The summed E-state index contributed by atoms with van der Waals surface area (Å²) < 4.78 is 37.5. The molecule has 0 radical (unpaired) electrons. The third-order valence-electron chi connectivity index (χ3n) is 2.64. The van der Waals surface area contributed by atoms with E-state index in [2.05, 4.69) is 4.98 Å². The van der Waals surface area contributed by atoms with Crippen LogP contribution in [0.3, 0.4) is 0 Å². The predicted molar refractivity (Wildman–Crippen MR) is 70.4 cm³/mol. The number of hydrogen-bond acceptors (Lipinski definition) is 3. The number of hydrogen-bond donors (Lipinski definition) is 0. The molecular weight excluding hydrogens is 273 g/mol. The molecule has 6 heteroatoms. The molecule has 0 aliphatic carbocycles. The van der Waals surface area contributed by atoms with Gasteiger partial charge in [0, 0.05) is 13.6 Å². The van der Waals surface area contributed by atoms with Crippen molar-refractivity contribution in [3.8, 4) is 0 Å². The Labute approximate surface area is 113 Å². The molecule has 0 aliphatic rings. The standard InChI is InChI=1S/C13H13F3N2S/c1-9-3-5-10(6-4-9)8-18(2)12-17-7-11(19-12)13(14,15)16/h3-7H,8H2,1-2H3. The van der Waals surface area contributed by atoms with Gasteiger partial charge in [0.05, 0.1) is 6.20 Å². The zero-order valence-electron chi connectivity index (χ0n) is 10.5. The number of rotatable bonds is 3. The molecule has 0 unspecified atom stereocenters. The van der Waals surface area contributed by atoms with E-state index in [1.807, 2.05) is 31.2 Å². The van der Waals surface area contributed by atoms with Crippen LogP contribution in [0.4, 0.5) is 18.3 Å². The van der Waals surface area contributed by atoms with E-state index in [9.17, 15) is 13.2 Å². The van der Waals surface area contributed by atoms with E-state index in [1.54, 1.807) is 11.9 Å². The van der Waals surface area contributed by atoms with Gasteiger partial charge in [-0.25, -0.2) is 4.98 Å². The molecular formula is C13H13F3N2S. The van der Waals surface area contributed by atoms with E-state index in [4.69, 9.17) is 0 Å². The Morgan fingerprint density at radius 3 is 2.37 bits per heavy atom. The van der Waals surface area contributed by atoms with E-state index in [0.717, 1.165) is 17.3 Å². The number of nitrogens with zero attached hydrogens (tertiary/aromatic N) is 2. The normalized spacial score (nSPS) is 11.6. The number of aromatic nitrogens is 1. The summed E-state index contributed by atoms with van der Waals surface area (Å²) in [5.41, 5.74) is 2.19. The highest BCUT2D eigenvalue weighted by Crippen LogP contribution is 2.36. The average Bonchev–Trinajstić information content (AvgIpc) is 2.81. The molecule has 1 heterocycles. The van der Waals surface area contributed by atoms with E-state index < -0.39 is 11.1 Å². The maximum atomic E-state index is 12.5. The van der Waals surface area contributed by atoms with Gasteiger partial charge in [-0.15, -0.1) is 0 Å². The topological polar surface area (TPSA) is 16.1 Å². The van der Waals surface area contributed by atoms with Crippen molar-refractivity contribution in [3.63, 3.8) is 0 Å². The Morgan fingerprint density at radius 1 is 1.21 bits per heavy atom. The van der Waals surface area contributed by atoms with Gasteiger partial charge in [-0.3, -0.25) is 0 Å². The quantitative estimate of drug-likeness (QED) is 0.844. The fourth-order valence-corrected chi connectivity index (χ4v) is 2.35. The molecule has 0 amide bonds. The average molecular weight is 286 g/mol. The summed E-state index contributed by atoms with van der Waals surface area (Å²) in [6.07, 6.45) is -3.44. The minimum absolute atomic E-state index is 0.368. The van der Waals surface area contributed by atoms with Crippen LogP contribution in [0.15, 0.2) is 30.5 Å². The van der Waals surface area contributed by atoms with Crippen LogP contribution in [0.2, 0.25) is 0 Å². The van der Waals surface area contributed by atoms with Gasteiger partial charge in [-0.05, 0) is 12.5 Å². The molecule has 0 bridgehead atoms. The first-order chi connectivity index (χ1) is 8.86. The van der Waals surface area contributed by atoms with Gasteiger partial charge in [-0.2, -0.15) is 13.2 Å². The molecule has 102 valence electrons. The van der Waals surface area contributed by atoms with Crippen molar-refractivity contribution in [2.45, 2.75) is 19.6 Å². The number of alkyl halides is 3. The molecule has 2 rings (SSSR count). The number of benzene rings is 1. The summed E-state index contributed by atoms with van der Waals surface area (Å²) in [4.78, 5) is 4.87. The lowest BCUT2D eigenvalue weighted by Crippen LogP contribution is -2.15. The number of anilines is 1. The van der Waals surface area contributed by atoms with E-state index in [1.165, 1.54) is 0 Å². The first-order valence-electron chi connectivity index (χ1n) is 5.66. The first kappa shape index (κ1) is 13.9. The Hall–Kier alpha value is -1.56. The summed E-state index contributed by atoms with van der Waals surface area (Å²) in [6.45, 7) is 2.52. The minimum Gasteiger partial charge on any atom is -0.347 e. The highest BCUT2D eigenvalue weighted by Gasteiger charge is 2.33. The zero-order valence-corrected chi connectivity index (χ0v) is 11.3. The predicted octanol–water partition coefficient (Wildman–Crippen LogP) is 4.11. The lowest BCUT2D eigenvalue weighted by molar-refractivity contribution is -0.134. The number of halogens is 3. The SMILES string of the molecule is Cc1ccc(CN(C)c2ncc(C(F)(F)F)s2)cc1. The van der Waals surface area contributed by atoms with Gasteiger partial charge in [0.15, 0.2) is 5.13 Å². The molecule has 0 N–H and O–H groups in total. The molecule has 0 spiro atoms. The molecule has 1 aromatic heterocycles. The highest BCUT2D eigenvalue weighted by atomic mass is 32.1. The van der Waals surface area contributed by atoms with Crippen molar-refractivity contribution in [3.05, 3.63) is 46.5 Å². The molecule has 2 nitrogen and oxygen atoms in total. The molecule has 19 heavy (non-hydrogen) atoms. The van der Waals surface area contributed by atoms with E-state index >= 15 is 0 Å². The summed E-state index contributed by atoms with van der Waals surface area (Å²) in [5.74, 6) is 0. The molecule has 0 aliphatic heterocycles. The molecule has 1 aromatic carbocycles. The highest BCUT2D eigenvalue weighted by molar-refractivity contribution is 7.15. The van der Waals surface area contributed by atoms with Crippen LogP contribution >= 0.6 is 11.3 Å². The zero-order chi connectivity index (χ0) is 14.0. The Morgan fingerprint density at radius 2 is 1.84 bits per heavy atom. The van der Waals surface area contributed by atoms with Crippen molar-refractivity contribution in [1.29, 1.82) is 0 Å². The van der Waals surface area contributed by atoms with Crippen LogP contribution in [-0.2, 0) is 12.7 Å². The van der Waals surface area contributed by atoms with Gasteiger partial charge in [0.1, 0.15) is 4.88 Å². The first-order valence-corrected chi connectivity index (χ1v) is 6.47. The van der Waals surface area contributed by atoms with E-state index in [0.29, 0.717) is 23.0 Å². The lowest BCUT2D eigenvalue weighted by Gasteiger charge is -2.15. The molecule has 0 saturated heterocycles. The van der Waals surface area contributed by atoms with Gasteiger partial charge in [-0.1, -0.05) is 41.2 Å². The second-order valence-electron chi connectivity index (χ2n) is 4.35. The summed E-state index contributed by atoms with van der Waals surface area (Å²) in [5, 5.41) is 0.368. The second-order valence-corrected chi connectivity index (χ2v) is 5.36. The fraction of sp³-hybridized carbons (Fsp3) is 0.308. The lowest BCUT2D eigenvalue weighted by atomic mass is 10.1. The molecule has 0 atom stereocenters. The van der Waals surface area contributed by atoms with Crippen LogP contribution in [0.25, 0.3) is 0 Å². The van der Waals surface area contributed by atoms with Crippen LogP contribution < -0.4 is 4.90 Å². The summed E-state index contributed by atoms with van der Waals surface area (Å²) >= 11 is 0.660. The van der Waals surface area contributed by atoms with Crippen molar-refractivity contribution in [1.82, 2.24) is 4.98 Å². The Bertz CT molecular complexity index is 546. The summed E-state index contributed by atoms with van der Waals surface area (Å²) in [7, 11) is 1.73. The third kappa shape index (κ3) is 3.47. The van der Waals surface area contributed by atoms with Gasteiger partial charge < -0.3 is 4.90 Å². The van der Waals surface area contributed by atoms with Crippen LogP contribution in [0.5, 0.6) is 0 Å². The minimum atomic E-state index is -4.32. The van der Waals surface area contributed by atoms with Gasteiger partial charge >= 0.3 is 6.18 Å². The van der Waals surface area contributed by atoms with Crippen LogP contribution in [0.1, 0.15) is 16.0 Å². The van der Waals surface area contributed by atoms with Crippen molar-refractivity contribution in [2.24, 2.45) is 0 Å². The van der Waals surface area contributed by atoms with Gasteiger partial charge in [0.2, 0.25) is 0 Å². The van der Waals surface area contributed by atoms with Crippen LogP contribution in [0, 0.1) is 6.92 Å². The second kappa shape index (κ2) is 5.21.